The molecule has 5 heteroatoms. The molecule has 1 amide bonds. The van der Waals surface area contributed by atoms with Gasteiger partial charge in [0.2, 0.25) is 5.91 Å². The van der Waals surface area contributed by atoms with Crippen molar-refractivity contribution in [3.05, 3.63) is 17.5 Å². The minimum absolute atomic E-state index is 0.0106. The van der Waals surface area contributed by atoms with Crippen LogP contribution in [0.25, 0.3) is 0 Å². The van der Waals surface area contributed by atoms with Crippen LogP contribution in [0, 0.1) is 6.92 Å². The summed E-state index contributed by atoms with van der Waals surface area (Å²) in [5.74, 6) is 0.946. The second kappa shape index (κ2) is 6.39. The highest BCUT2D eigenvalue weighted by Crippen LogP contribution is 2.31. The molecule has 1 aromatic heterocycles. The van der Waals surface area contributed by atoms with E-state index < -0.39 is 0 Å². The lowest BCUT2D eigenvalue weighted by molar-refractivity contribution is -0.132. The fraction of sp³-hybridized carbons (Fsp3) is 0.733. The van der Waals surface area contributed by atoms with Gasteiger partial charge in [-0.3, -0.25) is 4.79 Å². The molecule has 0 spiro atoms. The third-order valence-corrected chi connectivity index (χ3v) is 4.33. The zero-order valence-electron chi connectivity index (χ0n) is 12.7. The van der Waals surface area contributed by atoms with Gasteiger partial charge in [-0.15, -0.1) is 0 Å². The van der Waals surface area contributed by atoms with Crippen LogP contribution in [0.3, 0.4) is 0 Å². The number of nitrogens with zero attached hydrogens (tertiary/aromatic N) is 2. The lowest BCUT2D eigenvalue weighted by Gasteiger charge is -2.37. The van der Waals surface area contributed by atoms with Gasteiger partial charge in [-0.2, -0.15) is 0 Å². The van der Waals surface area contributed by atoms with Crippen LogP contribution in [0.2, 0.25) is 0 Å². The molecule has 1 fully saturated rings. The van der Waals surface area contributed by atoms with Crippen LogP contribution >= 0.6 is 0 Å². The highest BCUT2D eigenvalue weighted by atomic mass is 16.5. The average Bonchev–Trinajstić information content (AvgIpc) is 2.85. The van der Waals surface area contributed by atoms with E-state index in [0.717, 1.165) is 24.3 Å². The minimum atomic E-state index is -0.0106. The van der Waals surface area contributed by atoms with E-state index >= 15 is 0 Å². The van der Waals surface area contributed by atoms with E-state index in [4.69, 9.17) is 4.52 Å². The Balaban J connectivity index is 1.92. The summed E-state index contributed by atoms with van der Waals surface area (Å²) in [6, 6.07) is 1.87. The molecule has 1 aliphatic carbocycles. The number of rotatable bonds is 5. The predicted octanol–water partition coefficient (Wildman–Crippen LogP) is 2.25. The molecule has 2 rings (SSSR count). The van der Waals surface area contributed by atoms with E-state index in [9.17, 15) is 4.79 Å². The van der Waals surface area contributed by atoms with Gasteiger partial charge in [0.15, 0.2) is 0 Å². The zero-order chi connectivity index (χ0) is 14.6. The largest absolute Gasteiger partial charge is 0.361 e. The molecule has 0 radical (unpaired) electrons. The zero-order valence-corrected chi connectivity index (χ0v) is 12.7. The van der Waals surface area contributed by atoms with Crippen molar-refractivity contribution in [2.75, 3.05) is 14.1 Å². The summed E-state index contributed by atoms with van der Waals surface area (Å²) in [4.78, 5) is 14.2. The number of carbonyl (C=O) groups is 1. The number of nitrogens with one attached hydrogen (secondary N) is 1. The summed E-state index contributed by atoms with van der Waals surface area (Å²) in [5.41, 5.74) is 0.795. The summed E-state index contributed by atoms with van der Waals surface area (Å²) >= 11 is 0. The number of amides is 1. The highest BCUT2D eigenvalue weighted by molar-refractivity contribution is 5.77. The van der Waals surface area contributed by atoms with E-state index in [1.165, 1.54) is 19.3 Å². The van der Waals surface area contributed by atoms with Crippen molar-refractivity contribution in [2.24, 2.45) is 0 Å². The number of hydrogen-bond donors (Lipinski definition) is 1. The first-order valence-corrected chi connectivity index (χ1v) is 7.40. The van der Waals surface area contributed by atoms with Crippen molar-refractivity contribution < 1.29 is 9.32 Å². The molecule has 0 atom stereocenters. The fourth-order valence-electron chi connectivity index (χ4n) is 2.99. The van der Waals surface area contributed by atoms with Gasteiger partial charge < -0.3 is 14.7 Å². The second-order valence-corrected chi connectivity index (χ2v) is 5.95. The first-order valence-electron chi connectivity index (χ1n) is 7.40. The van der Waals surface area contributed by atoms with Crippen LogP contribution in [-0.2, 0) is 11.3 Å². The van der Waals surface area contributed by atoms with E-state index in [0.29, 0.717) is 13.0 Å². The smallest absolute Gasteiger partial charge is 0.224 e. The molecular weight excluding hydrogens is 254 g/mol. The Bertz CT molecular complexity index is 450. The molecule has 0 aliphatic heterocycles. The van der Waals surface area contributed by atoms with Gasteiger partial charge in [0.25, 0.3) is 0 Å². The monoisotopic (exact) mass is 279 g/mol. The minimum Gasteiger partial charge on any atom is -0.361 e. The molecule has 20 heavy (non-hydrogen) atoms. The quantitative estimate of drug-likeness (QED) is 0.898. The van der Waals surface area contributed by atoms with Crippen molar-refractivity contribution in [2.45, 2.75) is 57.5 Å². The third-order valence-electron chi connectivity index (χ3n) is 4.33. The number of hydrogen-bond acceptors (Lipinski definition) is 4. The Hall–Kier alpha value is -1.36. The first kappa shape index (κ1) is 15.0. The van der Waals surface area contributed by atoms with Crippen LogP contribution in [-0.4, -0.2) is 35.6 Å². The molecule has 1 N–H and O–H groups in total. The summed E-state index contributed by atoms with van der Waals surface area (Å²) in [5, 5.41) is 7.33. The predicted molar refractivity (Wildman–Crippen MR) is 77.2 cm³/mol. The van der Waals surface area contributed by atoms with Gasteiger partial charge in [-0.05, 0) is 26.8 Å². The van der Waals surface area contributed by atoms with Gasteiger partial charge in [0, 0.05) is 25.1 Å². The average molecular weight is 279 g/mol. The van der Waals surface area contributed by atoms with Crippen LogP contribution < -0.4 is 5.32 Å². The molecular formula is C15H25N3O2. The van der Waals surface area contributed by atoms with Crippen LogP contribution in [0.5, 0.6) is 0 Å². The standard InChI is InChI=1S/C15H25N3O2/c1-12-9-13(17-20-12)11-18(3)14(19)10-15(16-2)7-5-4-6-8-15/h9,16H,4-8,10-11H2,1-3H3. The molecule has 0 aromatic carbocycles. The maximum absolute atomic E-state index is 12.4. The van der Waals surface area contributed by atoms with Crippen molar-refractivity contribution in [1.29, 1.82) is 0 Å². The van der Waals surface area contributed by atoms with Gasteiger partial charge >= 0.3 is 0 Å². The molecule has 0 saturated heterocycles. The normalized spacial score (nSPS) is 17.9. The Morgan fingerprint density at radius 3 is 2.70 bits per heavy atom. The van der Waals surface area contributed by atoms with Crippen LogP contribution in [0.15, 0.2) is 10.6 Å². The highest BCUT2D eigenvalue weighted by Gasteiger charge is 2.33. The topological polar surface area (TPSA) is 58.4 Å². The Morgan fingerprint density at radius 1 is 1.45 bits per heavy atom. The van der Waals surface area contributed by atoms with Crippen molar-refractivity contribution in [3.8, 4) is 0 Å². The summed E-state index contributed by atoms with van der Waals surface area (Å²) < 4.78 is 5.04. The molecule has 1 aliphatic rings. The van der Waals surface area contributed by atoms with Crippen LogP contribution in [0.4, 0.5) is 0 Å². The van der Waals surface area contributed by atoms with Gasteiger partial charge in [0.05, 0.1) is 6.54 Å². The first-order chi connectivity index (χ1) is 9.54. The lowest BCUT2D eigenvalue weighted by Crippen LogP contribution is -2.48. The van der Waals surface area contributed by atoms with Crippen molar-refractivity contribution in [3.63, 3.8) is 0 Å². The van der Waals surface area contributed by atoms with E-state index in [1.54, 1.807) is 4.90 Å². The molecule has 112 valence electrons. The molecule has 5 nitrogen and oxygen atoms in total. The molecule has 1 saturated carbocycles. The van der Waals surface area contributed by atoms with Crippen molar-refractivity contribution in [1.82, 2.24) is 15.4 Å². The van der Waals surface area contributed by atoms with Gasteiger partial charge in [-0.1, -0.05) is 24.4 Å². The molecule has 1 heterocycles. The Kier molecular flexibility index (Phi) is 4.81. The summed E-state index contributed by atoms with van der Waals surface area (Å²) in [6.45, 7) is 2.37. The van der Waals surface area contributed by atoms with Crippen LogP contribution in [0.1, 0.15) is 50.0 Å². The molecule has 1 aromatic rings. The molecule has 0 bridgehead atoms. The molecule has 0 unspecified atom stereocenters. The number of aromatic nitrogens is 1. The maximum atomic E-state index is 12.4. The van der Waals surface area contributed by atoms with E-state index in [2.05, 4.69) is 10.5 Å². The Morgan fingerprint density at radius 2 is 2.15 bits per heavy atom. The van der Waals surface area contributed by atoms with E-state index in [1.807, 2.05) is 27.1 Å². The maximum Gasteiger partial charge on any atom is 0.224 e. The summed E-state index contributed by atoms with van der Waals surface area (Å²) in [6.07, 6.45) is 6.45. The second-order valence-electron chi connectivity index (χ2n) is 5.95. The number of carbonyl (C=O) groups excluding carboxylic acids is 1. The Labute approximate surface area is 120 Å². The van der Waals surface area contributed by atoms with E-state index in [-0.39, 0.29) is 11.4 Å². The summed E-state index contributed by atoms with van der Waals surface area (Å²) in [7, 11) is 3.80. The number of aryl methyl sites for hydroxylation is 1. The van der Waals surface area contributed by atoms with Gasteiger partial charge in [-0.25, -0.2) is 0 Å². The third kappa shape index (κ3) is 3.60. The fourth-order valence-corrected chi connectivity index (χ4v) is 2.99. The van der Waals surface area contributed by atoms with Gasteiger partial charge in [0.1, 0.15) is 11.5 Å². The lowest BCUT2D eigenvalue weighted by atomic mass is 9.79. The SMILES string of the molecule is CNC1(CC(=O)N(C)Cc2cc(C)on2)CCCCC1. The van der Waals surface area contributed by atoms with Crippen molar-refractivity contribution >= 4 is 5.91 Å².